The molecule has 146 valence electrons. The number of benzene rings is 2. The molecule has 2 aliphatic heterocycles. The van der Waals surface area contributed by atoms with Crippen molar-refractivity contribution in [3.05, 3.63) is 65.2 Å². The van der Waals surface area contributed by atoms with Gasteiger partial charge in [-0.1, -0.05) is 38.1 Å². The molecule has 0 aromatic heterocycles. The van der Waals surface area contributed by atoms with Gasteiger partial charge in [-0.2, -0.15) is 0 Å². The number of likely N-dealkylation sites (tertiary alicyclic amines) is 1. The quantitative estimate of drug-likeness (QED) is 0.780. The van der Waals surface area contributed by atoms with Gasteiger partial charge >= 0.3 is 0 Å². The van der Waals surface area contributed by atoms with Crippen LogP contribution in [-0.2, 0) is 14.6 Å². The van der Waals surface area contributed by atoms with Gasteiger partial charge in [0, 0.05) is 25.0 Å². The average Bonchev–Trinajstić information content (AvgIpc) is 3.23. The van der Waals surface area contributed by atoms with Crippen molar-refractivity contribution >= 4 is 27.1 Å². The Morgan fingerprint density at radius 1 is 1.00 bits per heavy atom. The molecule has 2 aromatic rings. The third-order valence-electron chi connectivity index (χ3n) is 5.37. The van der Waals surface area contributed by atoms with Gasteiger partial charge in [0.15, 0.2) is 4.91 Å². The van der Waals surface area contributed by atoms with Crippen molar-refractivity contribution in [3.63, 3.8) is 0 Å². The summed E-state index contributed by atoms with van der Waals surface area (Å²) in [6, 6.07) is 14.9. The Kier molecular flexibility index (Phi) is 4.75. The Balaban J connectivity index is 1.88. The molecule has 28 heavy (non-hydrogen) atoms. The van der Waals surface area contributed by atoms with Crippen LogP contribution in [0, 0.1) is 0 Å². The monoisotopic (exact) mass is 396 g/mol. The number of carbonyl (C=O) groups is 1. The number of sulfone groups is 1. The van der Waals surface area contributed by atoms with Gasteiger partial charge in [-0.3, -0.25) is 4.79 Å². The van der Waals surface area contributed by atoms with E-state index in [-0.39, 0.29) is 9.80 Å². The number of hydrogen-bond donors (Lipinski definition) is 0. The van der Waals surface area contributed by atoms with E-state index < -0.39 is 15.7 Å². The lowest BCUT2D eigenvalue weighted by Gasteiger charge is -2.30. The van der Waals surface area contributed by atoms with Crippen LogP contribution in [0.3, 0.4) is 0 Å². The van der Waals surface area contributed by atoms with Crippen LogP contribution < -0.4 is 4.90 Å². The molecular formula is C22H24N2O3S. The molecule has 6 heteroatoms. The summed E-state index contributed by atoms with van der Waals surface area (Å²) in [4.78, 5) is 16.5. The van der Waals surface area contributed by atoms with Crippen LogP contribution in [0.4, 0.5) is 11.4 Å². The average molecular weight is 397 g/mol. The lowest BCUT2D eigenvalue weighted by atomic mass is 10.0. The smallest absolute Gasteiger partial charge is 0.267 e. The van der Waals surface area contributed by atoms with Crippen LogP contribution >= 0.6 is 0 Å². The van der Waals surface area contributed by atoms with E-state index in [0.29, 0.717) is 24.7 Å². The van der Waals surface area contributed by atoms with Crippen molar-refractivity contribution in [1.29, 1.82) is 0 Å². The first kappa shape index (κ1) is 18.7. The van der Waals surface area contributed by atoms with Crippen LogP contribution in [-0.4, -0.2) is 32.3 Å². The summed E-state index contributed by atoms with van der Waals surface area (Å²) in [7, 11) is -3.86. The first-order valence-electron chi connectivity index (χ1n) is 9.64. The summed E-state index contributed by atoms with van der Waals surface area (Å²) < 4.78 is 26.4. The molecular weight excluding hydrogens is 372 g/mol. The van der Waals surface area contributed by atoms with E-state index in [1.165, 1.54) is 6.20 Å². The number of carbonyl (C=O) groups excluding carboxylic acids is 1. The molecule has 5 nitrogen and oxygen atoms in total. The summed E-state index contributed by atoms with van der Waals surface area (Å²) in [5, 5.41) is 0. The van der Waals surface area contributed by atoms with Crippen molar-refractivity contribution in [2.75, 3.05) is 18.0 Å². The second-order valence-corrected chi connectivity index (χ2v) is 9.47. The standard InChI is InChI=1S/C22H24N2O3S/c1-16(2)17-8-7-9-18(14-17)24-15-21(22(25)23-12-5-6-13-23)28(26,27)20-11-4-3-10-19(20)24/h3-4,7-11,14-16H,5-6,12-13H2,1-2H3. The minimum atomic E-state index is -3.86. The second-order valence-electron chi connectivity index (χ2n) is 7.58. The minimum Gasteiger partial charge on any atom is -0.338 e. The molecule has 4 rings (SSSR count). The number of amides is 1. The number of rotatable bonds is 3. The van der Waals surface area contributed by atoms with E-state index in [1.54, 1.807) is 23.1 Å². The number of para-hydroxylation sites is 1. The Hall–Kier alpha value is -2.60. The van der Waals surface area contributed by atoms with Crippen molar-refractivity contribution in [2.45, 2.75) is 37.5 Å². The first-order valence-corrected chi connectivity index (χ1v) is 11.1. The summed E-state index contributed by atoms with van der Waals surface area (Å²) in [5.41, 5.74) is 2.57. The molecule has 0 aliphatic carbocycles. The zero-order chi connectivity index (χ0) is 19.9. The Bertz CT molecular complexity index is 1050. The SMILES string of the molecule is CC(C)c1cccc(N2C=C(C(=O)N3CCCC3)S(=O)(=O)c3ccccc32)c1. The number of nitrogens with zero attached hydrogens (tertiary/aromatic N) is 2. The zero-order valence-electron chi connectivity index (χ0n) is 16.1. The molecule has 1 amide bonds. The van der Waals surface area contributed by atoms with E-state index in [2.05, 4.69) is 19.9 Å². The number of anilines is 2. The molecule has 0 bridgehead atoms. The predicted octanol–water partition coefficient (Wildman–Crippen LogP) is 4.20. The van der Waals surface area contributed by atoms with Crippen molar-refractivity contribution in [1.82, 2.24) is 4.90 Å². The van der Waals surface area contributed by atoms with E-state index in [0.717, 1.165) is 24.1 Å². The van der Waals surface area contributed by atoms with Gasteiger partial charge in [-0.25, -0.2) is 8.42 Å². The van der Waals surface area contributed by atoms with E-state index in [9.17, 15) is 13.2 Å². The fraction of sp³-hybridized carbons (Fsp3) is 0.318. The highest BCUT2D eigenvalue weighted by atomic mass is 32.2. The first-order chi connectivity index (χ1) is 13.4. The lowest BCUT2D eigenvalue weighted by molar-refractivity contribution is -0.125. The van der Waals surface area contributed by atoms with Gasteiger partial charge in [0.05, 0.1) is 10.6 Å². The van der Waals surface area contributed by atoms with Gasteiger partial charge in [0.2, 0.25) is 9.84 Å². The van der Waals surface area contributed by atoms with Crippen molar-refractivity contribution < 1.29 is 13.2 Å². The van der Waals surface area contributed by atoms with E-state index in [4.69, 9.17) is 0 Å². The lowest BCUT2D eigenvalue weighted by Crippen LogP contribution is -2.35. The molecule has 2 heterocycles. The third-order valence-corrected chi connectivity index (χ3v) is 7.15. The normalized spacial score (nSPS) is 18.2. The minimum absolute atomic E-state index is 0.150. The molecule has 0 atom stereocenters. The molecule has 0 N–H and O–H groups in total. The van der Waals surface area contributed by atoms with Crippen LogP contribution in [0.2, 0.25) is 0 Å². The fourth-order valence-electron chi connectivity index (χ4n) is 3.75. The maximum Gasteiger partial charge on any atom is 0.267 e. The van der Waals surface area contributed by atoms with Gasteiger partial charge in [-0.15, -0.1) is 0 Å². The molecule has 0 unspecified atom stereocenters. The highest BCUT2D eigenvalue weighted by Crippen LogP contribution is 2.40. The van der Waals surface area contributed by atoms with E-state index in [1.807, 2.05) is 29.2 Å². The molecule has 1 saturated heterocycles. The zero-order valence-corrected chi connectivity index (χ0v) is 16.9. The summed E-state index contributed by atoms with van der Waals surface area (Å²) in [6.45, 7) is 5.45. The van der Waals surface area contributed by atoms with Crippen LogP contribution in [0.25, 0.3) is 0 Å². The Morgan fingerprint density at radius 3 is 2.43 bits per heavy atom. The molecule has 0 spiro atoms. The number of fused-ring (bicyclic) bond motifs is 1. The van der Waals surface area contributed by atoms with Gasteiger partial charge in [0.1, 0.15) is 0 Å². The van der Waals surface area contributed by atoms with Crippen LogP contribution in [0.1, 0.15) is 38.2 Å². The number of hydrogen-bond acceptors (Lipinski definition) is 4. The summed E-state index contributed by atoms with van der Waals surface area (Å²) >= 11 is 0. The summed E-state index contributed by atoms with van der Waals surface area (Å²) in [5.74, 6) is -0.0598. The second kappa shape index (κ2) is 7.09. The highest BCUT2D eigenvalue weighted by molar-refractivity contribution is 7.96. The maximum absolute atomic E-state index is 13.2. The van der Waals surface area contributed by atoms with Gasteiger partial charge in [0.25, 0.3) is 5.91 Å². The van der Waals surface area contributed by atoms with Gasteiger partial charge < -0.3 is 9.80 Å². The van der Waals surface area contributed by atoms with Crippen molar-refractivity contribution in [2.24, 2.45) is 0 Å². The molecule has 2 aliphatic rings. The largest absolute Gasteiger partial charge is 0.338 e. The Morgan fingerprint density at radius 2 is 1.71 bits per heavy atom. The molecule has 2 aromatic carbocycles. The topological polar surface area (TPSA) is 57.7 Å². The van der Waals surface area contributed by atoms with Crippen molar-refractivity contribution in [3.8, 4) is 0 Å². The summed E-state index contributed by atoms with van der Waals surface area (Å²) in [6.07, 6.45) is 3.32. The predicted molar refractivity (Wildman–Crippen MR) is 110 cm³/mol. The highest BCUT2D eigenvalue weighted by Gasteiger charge is 2.38. The van der Waals surface area contributed by atoms with Crippen LogP contribution in [0.5, 0.6) is 0 Å². The molecule has 0 radical (unpaired) electrons. The van der Waals surface area contributed by atoms with E-state index >= 15 is 0 Å². The maximum atomic E-state index is 13.2. The van der Waals surface area contributed by atoms with Crippen LogP contribution in [0.15, 0.2) is 64.5 Å². The van der Waals surface area contributed by atoms with Gasteiger partial charge in [-0.05, 0) is 48.6 Å². The Labute approximate surface area is 166 Å². The third kappa shape index (κ3) is 3.11. The fourth-order valence-corrected chi connectivity index (χ4v) is 5.29. The molecule has 0 saturated carbocycles. The molecule has 1 fully saturated rings.